The highest BCUT2D eigenvalue weighted by Gasteiger charge is 2.22. The monoisotopic (exact) mass is 356 g/mol. The van der Waals surface area contributed by atoms with Crippen molar-refractivity contribution in [2.75, 3.05) is 18.8 Å². The third kappa shape index (κ3) is 3.42. The van der Waals surface area contributed by atoms with E-state index in [0.717, 1.165) is 36.0 Å². The van der Waals surface area contributed by atoms with E-state index in [1.165, 1.54) is 18.2 Å². The molecule has 3 aromatic rings. The summed E-state index contributed by atoms with van der Waals surface area (Å²) in [5.41, 5.74) is 1.91. The smallest absolute Gasteiger partial charge is 0.277 e. The van der Waals surface area contributed by atoms with Gasteiger partial charge in [0.2, 0.25) is 5.91 Å². The van der Waals surface area contributed by atoms with Gasteiger partial charge in [0.1, 0.15) is 0 Å². The van der Waals surface area contributed by atoms with Gasteiger partial charge in [-0.05, 0) is 24.8 Å². The zero-order valence-corrected chi connectivity index (χ0v) is 14.9. The first kappa shape index (κ1) is 16.2. The maximum Gasteiger partial charge on any atom is 0.277 e. The highest BCUT2D eigenvalue weighted by atomic mass is 32.2. The number of nitrogens with zero attached hydrogens (tertiary/aromatic N) is 3. The van der Waals surface area contributed by atoms with Crippen LogP contribution in [-0.2, 0) is 4.79 Å². The van der Waals surface area contributed by atoms with Gasteiger partial charge in [-0.25, -0.2) is 0 Å². The van der Waals surface area contributed by atoms with Gasteiger partial charge in [-0.2, -0.15) is 0 Å². The Bertz CT molecular complexity index is 888. The molecule has 0 saturated carbocycles. The van der Waals surface area contributed by atoms with Crippen molar-refractivity contribution >= 4 is 28.6 Å². The van der Waals surface area contributed by atoms with Gasteiger partial charge in [0.05, 0.1) is 11.3 Å². The summed E-state index contributed by atoms with van der Waals surface area (Å²) in [6.45, 7) is 3.90. The predicted octanol–water partition coefficient (Wildman–Crippen LogP) is 3.57. The maximum absolute atomic E-state index is 12.3. The van der Waals surface area contributed by atoms with Crippen LogP contribution in [-0.4, -0.2) is 44.8 Å². The number of H-pyrrole nitrogens is 1. The molecule has 1 N–H and O–H groups in total. The average molecular weight is 356 g/mol. The number of aromatic amines is 1. The van der Waals surface area contributed by atoms with Crippen molar-refractivity contribution in [2.24, 2.45) is 5.92 Å². The molecular weight excluding hydrogens is 336 g/mol. The van der Waals surface area contributed by atoms with Crippen LogP contribution < -0.4 is 0 Å². The Morgan fingerprint density at radius 1 is 1.40 bits per heavy atom. The lowest BCUT2D eigenvalue weighted by atomic mass is 10.0. The summed E-state index contributed by atoms with van der Waals surface area (Å²) in [5.74, 6) is 1.53. The number of benzene rings is 1. The lowest BCUT2D eigenvalue weighted by molar-refractivity contribution is -0.130. The van der Waals surface area contributed by atoms with Crippen LogP contribution in [0.15, 0.2) is 40.1 Å². The molecule has 130 valence electrons. The van der Waals surface area contributed by atoms with Crippen LogP contribution in [0.3, 0.4) is 0 Å². The summed E-state index contributed by atoms with van der Waals surface area (Å²) in [6.07, 6.45) is 4.16. The van der Waals surface area contributed by atoms with Crippen molar-refractivity contribution in [1.82, 2.24) is 20.1 Å². The second-order valence-corrected chi connectivity index (χ2v) is 7.42. The van der Waals surface area contributed by atoms with Gasteiger partial charge in [-0.15, -0.1) is 10.2 Å². The van der Waals surface area contributed by atoms with E-state index in [2.05, 4.69) is 22.1 Å². The summed E-state index contributed by atoms with van der Waals surface area (Å²) < 4.78 is 5.75. The zero-order chi connectivity index (χ0) is 17.2. The standard InChI is InChI=1S/C18H20N4O2S/c1-12-5-4-8-22(10-12)16(23)11-25-18-21-20-17(24-18)14-9-19-15-7-3-2-6-13(14)15/h2-3,6-7,9,12,19H,4-5,8,10-11H2,1H3. The maximum atomic E-state index is 12.3. The highest BCUT2D eigenvalue weighted by molar-refractivity contribution is 7.99. The number of likely N-dealkylation sites (tertiary alicyclic amines) is 1. The molecule has 1 saturated heterocycles. The molecule has 0 bridgehead atoms. The quantitative estimate of drug-likeness (QED) is 0.723. The van der Waals surface area contributed by atoms with Crippen molar-refractivity contribution in [2.45, 2.75) is 25.0 Å². The number of amides is 1. The van der Waals surface area contributed by atoms with Crippen molar-refractivity contribution in [3.05, 3.63) is 30.5 Å². The molecule has 25 heavy (non-hydrogen) atoms. The largest absolute Gasteiger partial charge is 0.411 e. The van der Waals surface area contributed by atoms with Gasteiger partial charge in [0, 0.05) is 30.2 Å². The summed E-state index contributed by atoms with van der Waals surface area (Å²) >= 11 is 1.31. The van der Waals surface area contributed by atoms with Gasteiger partial charge >= 0.3 is 0 Å². The van der Waals surface area contributed by atoms with Crippen molar-refractivity contribution in [3.8, 4) is 11.5 Å². The lowest BCUT2D eigenvalue weighted by Crippen LogP contribution is -2.40. The van der Waals surface area contributed by atoms with Crippen molar-refractivity contribution in [3.63, 3.8) is 0 Å². The minimum atomic E-state index is 0.142. The fourth-order valence-corrected chi connectivity index (χ4v) is 3.92. The molecule has 4 rings (SSSR count). The fraction of sp³-hybridized carbons (Fsp3) is 0.389. The number of carbonyl (C=O) groups is 1. The average Bonchev–Trinajstić information content (AvgIpc) is 3.26. The molecule has 0 radical (unpaired) electrons. The molecule has 1 unspecified atom stereocenters. The first-order chi connectivity index (χ1) is 12.2. The molecule has 1 amide bonds. The number of piperidine rings is 1. The molecule has 1 aliphatic heterocycles. The number of nitrogens with one attached hydrogen (secondary N) is 1. The Labute approximate surface area is 150 Å². The number of para-hydroxylation sites is 1. The minimum absolute atomic E-state index is 0.142. The second kappa shape index (κ2) is 6.92. The van der Waals surface area contributed by atoms with Crippen molar-refractivity contribution in [1.29, 1.82) is 0 Å². The van der Waals surface area contributed by atoms with Crippen LogP contribution in [0.5, 0.6) is 0 Å². The van der Waals surface area contributed by atoms with E-state index in [1.807, 2.05) is 35.4 Å². The first-order valence-corrected chi connectivity index (χ1v) is 9.50. The fourth-order valence-electron chi connectivity index (χ4n) is 3.26. The predicted molar refractivity (Wildman–Crippen MR) is 97.3 cm³/mol. The first-order valence-electron chi connectivity index (χ1n) is 8.51. The molecule has 2 aromatic heterocycles. The highest BCUT2D eigenvalue weighted by Crippen LogP contribution is 2.29. The minimum Gasteiger partial charge on any atom is -0.411 e. The third-order valence-corrected chi connectivity index (χ3v) is 5.36. The molecule has 1 aromatic carbocycles. The summed E-state index contributed by atoms with van der Waals surface area (Å²) in [7, 11) is 0. The Morgan fingerprint density at radius 2 is 2.28 bits per heavy atom. The summed E-state index contributed by atoms with van der Waals surface area (Å²) in [6, 6.07) is 7.97. The van der Waals surface area contributed by atoms with Gasteiger partial charge < -0.3 is 14.3 Å². The van der Waals surface area contributed by atoms with E-state index in [9.17, 15) is 4.79 Å². The molecule has 1 atom stereocenters. The Hall–Kier alpha value is -2.28. The number of carbonyl (C=O) groups excluding carboxylic acids is 1. The van der Waals surface area contributed by atoms with E-state index in [-0.39, 0.29) is 5.91 Å². The second-order valence-electron chi connectivity index (χ2n) is 6.50. The van der Waals surface area contributed by atoms with Gasteiger partial charge in [0.15, 0.2) is 0 Å². The zero-order valence-electron chi connectivity index (χ0n) is 14.1. The van der Waals surface area contributed by atoms with E-state index in [0.29, 0.717) is 22.8 Å². The normalized spacial score (nSPS) is 18.0. The van der Waals surface area contributed by atoms with E-state index >= 15 is 0 Å². The molecule has 3 heterocycles. The molecule has 6 nitrogen and oxygen atoms in total. The lowest BCUT2D eigenvalue weighted by Gasteiger charge is -2.30. The van der Waals surface area contributed by atoms with Crippen LogP contribution >= 0.6 is 11.8 Å². The Morgan fingerprint density at radius 3 is 3.16 bits per heavy atom. The summed E-state index contributed by atoms with van der Waals surface area (Å²) in [5, 5.41) is 9.67. The van der Waals surface area contributed by atoms with Crippen LogP contribution in [0.2, 0.25) is 0 Å². The number of thioether (sulfide) groups is 1. The van der Waals surface area contributed by atoms with Crippen LogP contribution in [0.4, 0.5) is 0 Å². The number of rotatable bonds is 4. The molecule has 0 aliphatic carbocycles. The van der Waals surface area contributed by atoms with Crippen LogP contribution in [0.25, 0.3) is 22.4 Å². The van der Waals surface area contributed by atoms with E-state index in [4.69, 9.17) is 4.42 Å². The van der Waals surface area contributed by atoms with E-state index in [1.54, 1.807) is 0 Å². The van der Waals surface area contributed by atoms with Gasteiger partial charge in [-0.1, -0.05) is 36.9 Å². The number of aromatic nitrogens is 3. The molecule has 1 fully saturated rings. The Balaban J connectivity index is 1.42. The van der Waals surface area contributed by atoms with Crippen molar-refractivity contribution < 1.29 is 9.21 Å². The molecule has 0 spiro atoms. The Kier molecular flexibility index (Phi) is 4.48. The number of fused-ring (bicyclic) bond motifs is 1. The topological polar surface area (TPSA) is 75.0 Å². The molecular formula is C18H20N4O2S. The van der Waals surface area contributed by atoms with Crippen LogP contribution in [0.1, 0.15) is 19.8 Å². The van der Waals surface area contributed by atoms with Gasteiger partial charge in [-0.3, -0.25) is 4.79 Å². The summed E-state index contributed by atoms with van der Waals surface area (Å²) in [4.78, 5) is 17.5. The van der Waals surface area contributed by atoms with E-state index < -0.39 is 0 Å². The number of hydrogen-bond acceptors (Lipinski definition) is 5. The van der Waals surface area contributed by atoms with Crippen LogP contribution in [0, 0.1) is 5.92 Å². The number of hydrogen-bond donors (Lipinski definition) is 1. The molecule has 7 heteroatoms. The third-order valence-electron chi connectivity index (χ3n) is 4.55. The van der Waals surface area contributed by atoms with Gasteiger partial charge in [0.25, 0.3) is 11.1 Å². The molecule has 1 aliphatic rings. The SMILES string of the molecule is CC1CCCN(C(=O)CSc2nnc(-c3c[nH]c4ccccc34)o2)C1.